The molecule has 0 spiro atoms. The third-order valence-electron chi connectivity index (χ3n) is 2.85. The Bertz CT molecular complexity index is 609. The number of hydrogen-bond acceptors (Lipinski definition) is 3. The summed E-state index contributed by atoms with van der Waals surface area (Å²) in [6.07, 6.45) is 1.63. The molecule has 0 heterocycles. The van der Waals surface area contributed by atoms with Crippen molar-refractivity contribution in [2.45, 2.75) is 6.04 Å². The Hall–Kier alpha value is -2.62. The molecule has 0 aromatic heterocycles. The molecule has 2 aromatic rings. The van der Waals surface area contributed by atoms with Crippen molar-refractivity contribution in [3.8, 4) is 5.75 Å². The van der Waals surface area contributed by atoms with E-state index in [4.69, 9.17) is 10.5 Å². The molecule has 2 N–H and O–H groups in total. The standard InChI is InChI=1S/C16H16N2O2/c1-20-14-9-5-6-12(10-14)11-18-15(16(17)19)13-7-3-2-4-8-13/h2-11,15H,1H3,(H2,17,19)/t15-/m0/s1. The van der Waals surface area contributed by atoms with Gasteiger partial charge in [-0.2, -0.15) is 0 Å². The number of aliphatic imine (C=N–C) groups is 1. The molecule has 0 bridgehead atoms. The first-order valence-electron chi connectivity index (χ1n) is 6.22. The molecule has 0 saturated carbocycles. The molecule has 1 atom stereocenters. The van der Waals surface area contributed by atoms with Crippen LogP contribution in [0.5, 0.6) is 5.75 Å². The predicted octanol–water partition coefficient (Wildman–Crippen LogP) is 2.34. The first-order chi connectivity index (χ1) is 9.70. The number of carbonyl (C=O) groups is 1. The molecule has 0 saturated heterocycles. The fraction of sp³-hybridized carbons (Fsp3) is 0.125. The maximum Gasteiger partial charge on any atom is 0.246 e. The van der Waals surface area contributed by atoms with Crippen molar-refractivity contribution >= 4 is 12.1 Å². The quantitative estimate of drug-likeness (QED) is 0.846. The Morgan fingerprint density at radius 2 is 1.95 bits per heavy atom. The number of nitrogens with two attached hydrogens (primary N) is 1. The summed E-state index contributed by atoms with van der Waals surface area (Å²) in [4.78, 5) is 15.8. The van der Waals surface area contributed by atoms with E-state index in [2.05, 4.69) is 4.99 Å². The van der Waals surface area contributed by atoms with Crippen molar-refractivity contribution in [2.75, 3.05) is 7.11 Å². The molecule has 0 aliphatic heterocycles. The topological polar surface area (TPSA) is 64.7 Å². The Kier molecular flexibility index (Phi) is 4.50. The van der Waals surface area contributed by atoms with Gasteiger partial charge in [0.05, 0.1) is 7.11 Å². The summed E-state index contributed by atoms with van der Waals surface area (Å²) < 4.78 is 5.14. The fourth-order valence-electron chi connectivity index (χ4n) is 1.84. The van der Waals surface area contributed by atoms with Crippen LogP contribution in [0.15, 0.2) is 59.6 Å². The summed E-state index contributed by atoms with van der Waals surface area (Å²) in [6.45, 7) is 0. The highest BCUT2D eigenvalue weighted by Gasteiger charge is 2.14. The first-order valence-corrected chi connectivity index (χ1v) is 6.22. The van der Waals surface area contributed by atoms with Crippen LogP contribution in [0.2, 0.25) is 0 Å². The number of rotatable bonds is 5. The minimum atomic E-state index is -0.678. The fourth-order valence-corrected chi connectivity index (χ4v) is 1.84. The summed E-state index contributed by atoms with van der Waals surface area (Å²) in [6, 6.07) is 16.0. The molecule has 2 aromatic carbocycles. The van der Waals surface area contributed by atoms with Crippen LogP contribution in [0.1, 0.15) is 17.2 Å². The van der Waals surface area contributed by atoms with Gasteiger partial charge in [-0.25, -0.2) is 0 Å². The molecular weight excluding hydrogens is 252 g/mol. The van der Waals surface area contributed by atoms with E-state index < -0.39 is 11.9 Å². The highest BCUT2D eigenvalue weighted by Crippen LogP contribution is 2.17. The van der Waals surface area contributed by atoms with Gasteiger partial charge in [-0.05, 0) is 23.3 Å². The van der Waals surface area contributed by atoms with E-state index in [0.717, 1.165) is 16.9 Å². The van der Waals surface area contributed by atoms with E-state index >= 15 is 0 Å². The van der Waals surface area contributed by atoms with E-state index in [9.17, 15) is 4.79 Å². The van der Waals surface area contributed by atoms with E-state index in [1.165, 1.54) is 0 Å². The maximum absolute atomic E-state index is 11.5. The van der Waals surface area contributed by atoms with E-state index in [1.807, 2.05) is 54.6 Å². The summed E-state index contributed by atoms with van der Waals surface area (Å²) >= 11 is 0. The number of benzene rings is 2. The normalized spacial score (nSPS) is 12.2. The summed E-state index contributed by atoms with van der Waals surface area (Å²) in [5.74, 6) is 0.264. The summed E-state index contributed by atoms with van der Waals surface area (Å²) in [5, 5.41) is 0. The number of primary amides is 1. The SMILES string of the molecule is COc1cccc(C=N[C@H](C(N)=O)c2ccccc2)c1. The van der Waals surface area contributed by atoms with Crippen LogP contribution in [-0.4, -0.2) is 19.2 Å². The lowest BCUT2D eigenvalue weighted by atomic mass is 10.1. The van der Waals surface area contributed by atoms with Crippen molar-refractivity contribution in [1.29, 1.82) is 0 Å². The van der Waals surface area contributed by atoms with Crippen LogP contribution in [0, 0.1) is 0 Å². The molecular formula is C16H16N2O2. The molecule has 102 valence electrons. The van der Waals surface area contributed by atoms with Gasteiger partial charge in [0.2, 0.25) is 5.91 Å². The van der Waals surface area contributed by atoms with Gasteiger partial charge in [-0.3, -0.25) is 9.79 Å². The minimum absolute atomic E-state index is 0.477. The molecule has 4 heteroatoms. The zero-order chi connectivity index (χ0) is 14.4. The average molecular weight is 268 g/mol. The van der Waals surface area contributed by atoms with Gasteiger partial charge in [0.1, 0.15) is 5.75 Å². The molecule has 0 unspecified atom stereocenters. The molecule has 0 fully saturated rings. The van der Waals surface area contributed by atoms with Gasteiger partial charge in [-0.1, -0.05) is 42.5 Å². The smallest absolute Gasteiger partial charge is 0.246 e. The van der Waals surface area contributed by atoms with Crippen molar-refractivity contribution < 1.29 is 9.53 Å². The Balaban J connectivity index is 2.24. The second-order valence-corrected chi connectivity index (χ2v) is 4.27. The van der Waals surface area contributed by atoms with Gasteiger partial charge >= 0.3 is 0 Å². The van der Waals surface area contributed by atoms with Crippen LogP contribution in [0.4, 0.5) is 0 Å². The predicted molar refractivity (Wildman–Crippen MR) is 79.0 cm³/mol. The molecule has 0 aliphatic rings. The second-order valence-electron chi connectivity index (χ2n) is 4.27. The lowest BCUT2D eigenvalue weighted by Crippen LogP contribution is -2.20. The number of amides is 1. The third kappa shape index (κ3) is 3.45. The average Bonchev–Trinajstić information content (AvgIpc) is 2.48. The highest BCUT2D eigenvalue weighted by molar-refractivity contribution is 5.86. The van der Waals surface area contributed by atoms with Crippen LogP contribution in [-0.2, 0) is 4.79 Å². The molecule has 0 aliphatic carbocycles. The van der Waals surface area contributed by atoms with Crippen molar-refractivity contribution in [1.82, 2.24) is 0 Å². The molecule has 2 rings (SSSR count). The number of hydrogen-bond donors (Lipinski definition) is 1. The second kappa shape index (κ2) is 6.52. The maximum atomic E-state index is 11.5. The zero-order valence-corrected chi connectivity index (χ0v) is 11.2. The van der Waals surface area contributed by atoms with Crippen molar-refractivity contribution in [3.05, 3.63) is 65.7 Å². The highest BCUT2D eigenvalue weighted by atomic mass is 16.5. The van der Waals surface area contributed by atoms with Crippen molar-refractivity contribution in [2.24, 2.45) is 10.7 Å². The largest absolute Gasteiger partial charge is 0.497 e. The van der Waals surface area contributed by atoms with Gasteiger partial charge in [0.25, 0.3) is 0 Å². The number of nitrogens with zero attached hydrogens (tertiary/aromatic N) is 1. The Morgan fingerprint density at radius 3 is 2.60 bits per heavy atom. The van der Waals surface area contributed by atoms with Crippen LogP contribution < -0.4 is 10.5 Å². The van der Waals surface area contributed by atoms with E-state index in [0.29, 0.717) is 0 Å². The first kappa shape index (κ1) is 13.8. The van der Waals surface area contributed by atoms with Crippen LogP contribution in [0.3, 0.4) is 0 Å². The minimum Gasteiger partial charge on any atom is -0.497 e. The van der Waals surface area contributed by atoms with Crippen LogP contribution in [0.25, 0.3) is 0 Å². The summed E-state index contributed by atoms with van der Waals surface area (Å²) in [7, 11) is 1.60. The lowest BCUT2D eigenvalue weighted by Gasteiger charge is -2.08. The molecule has 4 nitrogen and oxygen atoms in total. The van der Waals surface area contributed by atoms with Gasteiger partial charge in [0.15, 0.2) is 6.04 Å². The summed E-state index contributed by atoms with van der Waals surface area (Å²) in [5.41, 5.74) is 7.04. The van der Waals surface area contributed by atoms with Crippen molar-refractivity contribution in [3.63, 3.8) is 0 Å². The zero-order valence-electron chi connectivity index (χ0n) is 11.2. The number of methoxy groups -OCH3 is 1. The number of ether oxygens (including phenoxy) is 1. The monoisotopic (exact) mass is 268 g/mol. The van der Waals surface area contributed by atoms with Gasteiger partial charge in [-0.15, -0.1) is 0 Å². The molecule has 0 radical (unpaired) electrons. The Labute approximate surface area is 117 Å². The number of carbonyl (C=O) groups excluding carboxylic acids is 1. The Morgan fingerprint density at radius 1 is 1.20 bits per heavy atom. The lowest BCUT2D eigenvalue weighted by molar-refractivity contribution is -0.119. The van der Waals surface area contributed by atoms with Gasteiger partial charge in [0, 0.05) is 6.21 Å². The van der Waals surface area contributed by atoms with Crippen LogP contribution >= 0.6 is 0 Å². The van der Waals surface area contributed by atoms with E-state index in [-0.39, 0.29) is 0 Å². The van der Waals surface area contributed by atoms with Gasteiger partial charge < -0.3 is 10.5 Å². The molecule has 1 amide bonds. The third-order valence-corrected chi connectivity index (χ3v) is 2.85. The molecule has 20 heavy (non-hydrogen) atoms. The van der Waals surface area contributed by atoms with E-state index in [1.54, 1.807) is 13.3 Å².